The highest BCUT2D eigenvalue weighted by Crippen LogP contribution is 2.29. The van der Waals surface area contributed by atoms with Crippen LogP contribution in [0.2, 0.25) is 5.02 Å². The van der Waals surface area contributed by atoms with E-state index in [1.807, 2.05) is 19.0 Å². The van der Waals surface area contributed by atoms with Crippen molar-refractivity contribution in [1.82, 2.24) is 0 Å². The first kappa shape index (κ1) is 18.4. The van der Waals surface area contributed by atoms with Gasteiger partial charge in [-0.15, -0.1) is 0 Å². The Balaban J connectivity index is 1.55. The van der Waals surface area contributed by atoms with Crippen molar-refractivity contribution in [2.24, 2.45) is 0 Å². The van der Waals surface area contributed by atoms with Crippen molar-refractivity contribution in [1.29, 1.82) is 0 Å². The third-order valence-corrected chi connectivity index (χ3v) is 4.54. The maximum absolute atomic E-state index is 10.7. The van der Waals surface area contributed by atoms with Crippen LogP contribution in [0.1, 0.15) is 11.8 Å². The minimum atomic E-state index is -0.489. The van der Waals surface area contributed by atoms with Gasteiger partial charge in [-0.25, -0.2) is 0 Å². The van der Waals surface area contributed by atoms with Crippen molar-refractivity contribution in [3.8, 4) is 5.75 Å². The number of nitrogens with zero attached hydrogens (tertiary/aromatic N) is 2. The van der Waals surface area contributed by atoms with Crippen LogP contribution in [0, 0.1) is 10.1 Å². The van der Waals surface area contributed by atoms with Crippen LogP contribution in [0.5, 0.6) is 5.75 Å². The Morgan fingerprint density at radius 1 is 1.31 bits per heavy atom. The molecule has 138 valence electrons. The van der Waals surface area contributed by atoms with Gasteiger partial charge in [-0.1, -0.05) is 11.6 Å². The highest BCUT2D eigenvalue weighted by Gasteiger charge is 2.30. The monoisotopic (exact) mass is 378 g/mol. The van der Waals surface area contributed by atoms with Crippen LogP contribution in [-0.2, 0) is 4.74 Å². The molecule has 2 N–H and O–H groups in total. The zero-order chi connectivity index (χ0) is 18.7. The van der Waals surface area contributed by atoms with E-state index in [4.69, 9.17) is 21.1 Å². The Morgan fingerprint density at radius 2 is 2.04 bits per heavy atom. The summed E-state index contributed by atoms with van der Waals surface area (Å²) in [5.74, 6) is 0.416. The Bertz CT molecular complexity index is 783. The maximum atomic E-state index is 10.7. The molecule has 0 radical (unpaired) electrons. The molecule has 0 aromatic heterocycles. The Labute approximate surface area is 156 Å². The lowest BCUT2D eigenvalue weighted by molar-refractivity contribution is -0.697. The Kier molecular flexibility index (Phi) is 5.61. The van der Waals surface area contributed by atoms with E-state index in [-0.39, 0.29) is 23.0 Å². The molecule has 1 aliphatic heterocycles. The fourth-order valence-corrected chi connectivity index (χ4v) is 3.01. The summed E-state index contributed by atoms with van der Waals surface area (Å²) >= 11 is 6.04. The molecule has 3 rings (SSSR count). The van der Waals surface area contributed by atoms with Gasteiger partial charge in [0.1, 0.15) is 25.0 Å². The first-order valence-corrected chi connectivity index (χ1v) is 8.64. The van der Waals surface area contributed by atoms with Gasteiger partial charge in [-0.3, -0.25) is 10.1 Å². The predicted molar refractivity (Wildman–Crippen MR) is 98.8 cm³/mol. The predicted octanol–water partition coefficient (Wildman–Crippen LogP) is 2.35. The number of ether oxygens (including phenoxy) is 2. The van der Waals surface area contributed by atoms with Gasteiger partial charge >= 0.3 is 0 Å². The third kappa shape index (κ3) is 4.24. The summed E-state index contributed by atoms with van der Waals surface area (Å²) < 4.78 is 11.7. The average molecular weight is 379 g/mol. The van der Waals surface area contributed by atoms with Gasteiger partial charge < -0.3 is 19.7 Å². The third-order valence-electron chi connectivity index (χ3n) is 4.24. The lowest BCUT2D eigenvalue weighted by Crippen LogP contribution is -2.82. The van der Waals surface area contributed by atoms with E-state index in [9.17, 15) is 10.1 Å². The molecule has 8 heteroatoms. The van der Waals surface area contributed by atoms with Crippen LogP contribution in [0.15, 0.2) is 42.5 Å². The van der Waals surface area contributed by atoms with Crippen molar-refractivity contribution < 1.29 is 19.7 Å². The van der Waals surface area contributed by atoms with E-state index in [1.165, 1.54) is 18.2 Å². The molecule has 2 atom stereocenters. The number of benzene rings is 2. The van der Waals surface area contributed by atoms with E-state index in [0.29, 0.717) is 12.4 Å². The molecule has 26 heavy (non-hydrogen) atoms. The number of non-ortho nitro benzene ring substituents is 1. The van der Waals surface area contributed by atoms with Gasteiger partial charge in [0.25, 0.3) is 5.69 Å². The van der Waals surface area contributed by atoms with E-state index in [2.05, 4.69) is 29.6 Å². The van der Waals surface area contributed by atoms with Crippen LogP contribution in [-0.4, -0.2) is 38.3 Å². The molecular formula is C18H21ClN3O4+. The van der Waals surface area contributed by atoms with Crippen LogP contribution in [0.3, 0.4) is 0 Å². The summed E-state index contributed by atoms with van der Waals surface area (Å²) in [7, 11) is 4.01. The standard InChI is InChI=1S/C18H20ClN3O4/c1-21(2)13-5-3-12(4-6-13)18-20-10-15(26-18)11-25-17-8-7-14(22(23)24)9-16(17)19/h3-9,15,18,20H,10-11H2,1-2H3/p+1/t15-,18-/m1/s1. The molecule has 0 aliphatic carbocycles. The number of nitro benzene ring substituents is 1. The number of halogens is 1. The molecule has 2 aromatic carbocycles. The number of anilines is 1. The van der Waals surface area contributed by atoms with Crippen LogP contribution < -0.4 is 15.0 Å². The molecule has 0 amide bonds. The lowest BCUT2D eigenvalue weighted by atomic mass is 10.2. The van der Waals surface area contributed by atoms with E-state index >= 15 is 0 Å². The van der Waals surface area contributed by atoms with Gasteiger partial charge in [-0.2, -0.15) is 0 Å². The molecule has 0 spiro atoms. The molecule has 0 saturated carbocycles. The summed E-state index contributed by atoms with van der Waals surface area (Å²) in [5.41, 5.74) is 2.18. The molecule has 7 nitrogen and oxygen atoms in total. The van der Waals surface area contributed by atoms with Crippen molar-refractivity contribution in [2.45, 2.75) is 12.3 Å². The number of hydrogen-bond acceptors (Lipinski definition) is 5. The van der Waals surface area contributed by atoms with E-state index < -0.39 is 4.92 Å². The second-order valence-electron chi connectivity index (χ2n) is 6.32. The van der Waals surface area contributed by atoms with Crippen molar-refractivity contribution in [2.75, 3.05) is 32.1 Å². The van der Waals surface area contributed by atoms with Gasteiger partial charge in [0.2, 0.25) is 6.23 Å². The van der Waals surface area contributed by atoms with Gasteiger partial charge in [0.05, 0.1) is 9.95 Å². The fourth-order valence-electron chi connectivity index (χ4n) is 2.78. The van der Waals surface area contributed by atoms with Crippen LogP contribution >= 0.6 is 11.6 Å². The minimum absolute atomic E-state index is 0.0611. The van der Waals surface area contributed by atoms with E-state index in [0.717, 1.165) is 17.8 Å². The van der Waals surface area contributed by atoms with Crippen LogP contribution in [0.4, 0.5) is 11.4 Å². The topological polar surface area (TPSA) is 81.5 Å². The lowest BCUT2D eigenvalue weighted by Gasteiger charge is -2.14. The zero-order valence-corrected chi connectivity index (χ0v) is 15.3. The quantitative estimate of drug-likeness (QED) is 0.616. The van der Waals surface area contributed by atoms with Gasteiger partial charge in [-0.05, 0) is 30.3 Å². The van der Waals surface area contributed by atoms with Crippen molar-refractivity contribution in [3.05, 3.63) is 63.2 Å². The normalized spacial score (nSPS) is 19.3. The summed E-state index contributed by atoms with van der Waals surface area (Å²) in [6.45, 7) is 1.10. The fraction of sp³-hybridized carbons (Fsp3) is 0.333. The highest BCUT2D eigenvalue weighted by atomic mass is 35.5. The molecule has 1 saturated heterocycles. The van der Waals surface area contributed by atoms with Crippen molar-refractivity contribution in [3.63, 3.8) is 0 Å². The molecule has 1 aliphatic rings. The number of rotatable bonds is 6. The highest BCUT2D eigenvalue weighted by molar-refractivity contribution is 6.32. The summed E-state index contributed by atoms with van der Waals surface area (Å²) in [6, 6.07) is 12.4. The largest absolute Gasteiger partial charge is 0.489 e. The minimum Gasteiger partial charge on any atom is -0.489 e. The van der Waals surface area contributed by atoms with Crippen LogP contribution in [0.25, 0.3) is 0 Å². The number of nitrogens with two attached hydrogens (primary N) is 1. The zero-order valence-electron chi connectivity index (χ0n) is 14.6. The molecule has 0 bridgehead atoms. The number of quaternary nitrogens is 1. The van der Waals surface area contributed by atoms with Crippen molar-refractivity contribution >= 4 is 23.0 Å². The number of hydrogen-bond donors (Lipinski definition) is 1. The molecule has 1 heterocycles. The second-order valence-corrected chi connectivity index (χ2v) is 6.73. The second kappa shape index (κ2) is 7.90. The number of nitro groups is 1. The Hall–Kier alpha value is -2.35. The SMILES string of the molecule is CN(C)c1ccc([C@@H]2[NH2+]C[C@H](COc3ccc([N+](=O)[O-])cc3Cl)O2)cc1. The average Bonchev–Trinajstić information content (AvgIpc) is 3.09. The summed E-state index contributed by atoms with van der Waals surface area (Å²) in [6.07, 6.45) is -0.146. The first-order chi connectivity index (χ1) is 12.4. The summed E-state index contributed by atoms with van der Waals surface area (Å²) in [5, 5.41) is 13.1. The molecule has 2 aromatic rings. The molecule has 1 fully saturated rings. The summed E-state index contributed by atoms with van der Waals surface area (Å²) in [4.78, 5) is 12.3. The van der Waals surface area contributed by atoms with E-state index in [1.54, 1.807) is 0 Å². The first-order valence-electron chi connectivity index (χ1n) is 8.27. The van der Waals surface area contributed by atoms with Gasteiger partial charge in [0.15, 0.2) is 0 Å². The van der Waals surface area contributed by atoms with Gasteiger partial charge in [0, 0.05) is 37.5 Å². The molecular weight excluding hydrogens is 358 g/mol. The maximum Gasteiger partial charge on any atom is 0.271 e. The molecule has 0 unspecified atom stereocenters. The smallest absolute Gasteiger partial charge is 0.271 e. The Morgan fingerprint density at radius 3 is 2.65 bits per heavy atom.